The van der Waals surface area contributed by atoms with E-state index in [2.05, 4.69) is 10.1 Å². The first-order valence-corrected chi connectivity index (χ1v) is 12.7. The number of hydrogen-bond donors (Lipinski definition) is 1. The molecule has 8 heteroatoms. The zero-order valence-electron chi connectivity index (χ0n) is 20.0. The standard InChI is InChI=1S/C26H36N2O6/c1-31-25(30)26(12-2-3-13-26)17-28-14-10-18(11-15-28)16-32-24-23-21(8-5-9-22(23)34-27-24)33-20-7-4-6-19(20)29/h5,8-9,18-20,29H,2-4,6-7,10-17H2,1H3/t19-,20-/m1/s1. The van der Waals surface area contributed by atoms with Crippen molar-refractivity contribution < 1.29 is 28.6 Å². The van der Waals surface area contributed by atoms with E-state index < -0.39 is 6.10 Å². The van der Waals surface area contributed by atoms with Crippen molar-refractivity contribution in [1.29, 1.82) is 0 Å². The molecule has 34 heavy (non-hydrogen) atoms. The number of nitrogens with zero attached hydrogens (tertiary/aromatic N) is 2. The Morgan fingerprint density at radius 2 is 1.97 bits per heavy atom. The van der Waals surface area contributed by atoms with Crippen LogP contribution in [0.3, 0.4) is 0 Å². The van der Waals surface area contributed by atoms with E-state index in [9.17, 15) is 9.90 Å². The number of piperidine rings is 1. The van der Waals surface area contributed by atoms with Gasteiger partial charge in [-0.2, -0.15) is 0 Å². The highest BCUT2D eigenvalue weighted by molar-refractivity contribution is 5.88. The Morgan fingerprint density at radius 1 is 1.18 bits per heavy atom. The fourth-order valence-corrected chi connectivity index (χ4v) is 5.97. The van der Waals surface area contributed by atoms with Crippen molar-refractivity contribution in [2.45, 2.75) is 70.0 Å². The normalized spacial score (nSPS) is 25.6. The zero-order chi connectivity index (χ0) is 23.5. The van der Waals surface area contributed by atoms with Gasteiger partial charge in [-0.1, -0.05) is 18.9 Å². The number of aliphatic hydroxyl groups is 1. The number of ether oxygens (including phenoxy) is 3. The van der Waals surface area contributed by atoms with Crippen LogP contribution >= 0.6 is 0 Å². The van der Waals surface area contributed by atoms with Crippen molar-refractivity contribution in [3.05, 3.63) is 18.2 Å². The van der Waals surface area contributed by atoms with Gasteiger partial charge in [-0.15, -0.1) is 0 Å². The molecular weight excluding hydrogens is 436 g/mol. The lowest BCUT2D eigenvalue weighted by atomic mass is 9.84. The van der Waals surface area contributed by atoms with Crippen LogP contribution in [-0.4, -0.2) is 66.7 Å². The van der Waals surface area contributed by atoms with Crippen LogP contribution < -0.4 is 9.47 Å². The Morgan fingerprint density at radius 3 is 2.68 bits per heavy atom. The fraction of sp³-hybridized carbons (Fsp3) is 0.692. The van der Waals surface area contributed by atoms with Gasteiger partial charge in [0.2, 0.25) is 0 Å². The Kier molecular flexibility index (Phi) is 6.97. The summed E-state index contributed by atoms with van der Waals surface area (Å²) in [6, 6.07) is 5.61. The predicted molar refractivity (Wildman–Crippen MR) is 126 cm³/mol. The molecule has 1 saturated heterocycles. The molecule has 2 heterocycles. The van der Waals surface area contributed by atoms with Crippen LogP contribution in [0, 0.1) is 11.3 Å². The summed E-state index contributed by atoms with van der Waals surface area (Å²) in [7, 11) is 1.51. The van der Waals surface area contributed by atoms with Crippen molar-refractivity contribution in [3.8, 4) is 11.6 Å². The number of aromatic nitrogens is 1. The minimum Gasteiger partial charge on any atom is -0.487 e. The molecule has 2 atom stereocenters. The highest BCUT2D eigenvalue weighted by Gasteiger charge is 2.44. The van der Waals surface area contributed by atoms with E-state index in [1.165, 1.54) is 7.11 Å². The first-order valence-electron chi connectivity index (χ1n) is 12.7. The number of methoxy groups -OCH3 is 1. The second kappa shape index (κ2) is 10.1. The van der Waals surface area contributed by atoms with Crippen LogP contribution in [0.25, 0.3) is 11.0 Å². The first-order chi connectivity index (χ1) is 16.6. The molecule has 1 aromatic heterocycles. The lowest BCUT2D eigenvalue weighted by Crippen LogP contribution is -2.45. The van der Waals surface area contributed by atoms with E-state index >= 15 is 0 Å². The van der Waals surface area contributed by atoms with Gasteiger partial charge >= 0.3 is 5.97 Å². The molecule has 2 aromatic rings. The van der Waals surface area contributed by atoms with Crippen molar-refractivity contribution in [2.24, 2.45) is 11.3 Å². The third-order valence-corrected chi connectivity index (χ3v) is 7.99. The Balaban J connectivity index is 1.17. The van der Waals surface area contributed by atoms with Gasteiger partial charge in [-0.3, -0.25) is 4.79 Å². The molecule has 2 aliphatic carbocycles. The molecule has 8 nitrogen and oxygen atoms in total. The molecule has 0 amide bonds. The van der Waals surface area contributed by atoms with E-state index in [0.29, 0.717) is 29.7 Å². The third-order valence-electron chi connectivity index (χ3n) is 7.99. The number of carbonyl (C=O) groups is 1. The summed E-state index contributed by atoms with van der Waals surface area (Å²) in [5.74, 6) is 1.48. The lowest BCUT2D eigenvalue weighted by molar-refractivity contribution is -0.154. The van der Waals surface area contributed by atoms with Crippen LogP contribution in [0.15, 0.2) is 22.7 Å². The van der Waals surface area contributed by atoms with Crippen LogP contribution in [0.5, 0.6) is 11.6 Å². The minimum absolute atomic E-state index is 0.0449. The second-order valence-corrected chi connectivity index (χ2v) is 10.3. The number of hydrogen-bond acceptors (Lipinski definition) is 8. The molecule has 2 saturated carbocycles. The van der Waals surface area contributed by atoms with Crippen molar-refractivity contribution in [1.82, 2.24) is 10.1 Å². The van der Waals surface area contributed by atoms with Crippen LogP contribution in [0.1, 0.15) is 57.8 Å². The molecule has 1 aromatic carbocycles. The molecular formula is C26H36N2O6. The second-order valence-electron chi connectivity index (χ2n) is 10.3. The van der Waals surface area contributed by atoms with E-state index in [1.54, 1.807) is 0 Å². The SMILES string of the molecule is COC(=O)C1(CN2CCC(COc3noc4cccc(O[C@@H]5CCC[C@H]5O)c34)CC2)CCCC1. The van der Waals surface area contributed by atoms with Crippen molar-refractivity contribution >= 4 is 16.9 Å². The van der Waals surface area contributed by atoms with Crippen molar-refractivity contribution in [2.75, 3.05) is 33.4 Å². The number of carbonyl (C=O) groups excluding carboxylic acids is 1. The smallest absolute Gasteiger partial charge is 0.313 e. The summed E-state index contributed by atoms with van der Waals surface area (Å²) in [6.45, 7) is 3.29. The van der Waals surface area contributed by atoms with Gasteiger partial charge in [-0.25, -0.2) is 0 Å². The Labute approximate surface area is 200 Å². The van der Waals surface area contributed by atoms with Gasteiger partial charge < -0.3 is 28.7 Å². The monoisotopic (exact) mass is 472 g/mol. The molecule has 0 spiro atoms. The topological polar surface area (TPSA) is 94.3 Å². The highest BCUT2D eigenvalue weighted by Crippen LogP contribution is 2.41. The molecule has 186 valence electrons. The van der Waals surface area contributed by atoms with Gasteiger partial charge in [0.25, 0.3) is 5.88 Å². The van der Waals surface area contributed by atoms with Crippen LogP contribution in [0.4, 0.5) is 0 Å². The maximum absolute atomic E-state index is 12.5. The number of aliphatic hydroxyl groups excluding tert-OH is 1. The molecule has 3 aliphatic rings. The lowest BCUT2D eigenvalue weighted by Gasteiger charge is -2.37. The maximum Gasteiger partial charge on any atom is 0.313 e. The molecule has 1 N–H and O–H groups in total. The molecule has 3 fully saturated rings. The molecule has 1 aliphatic heterocycles. The number of benzene rings is 1. The molecule has 0 radical (unpaired) electrons. The minimum atomic E-state index is -0.438. The van der Waals surface area contributed by atoms with E-state index in [4.69, 9.17) is 18.7 Å². The summed E-state index contributed by atoms with van der Waals surface area (Å²) >= 11 is 0. The van der Waals surface area contributed by atoms with Crippen LogP contribution in [0.2, 0.25) is 0 Å². The molecule has 0 bridgehead atoms. The van der Waals surface area contributed by atoms with Gasteiger partial charge in [0, 0.05) is 6.54 Å². The Bertz CT molecular complexity index is 977. The quantitative estimate of drug-likeness (QED) is 0.578. The van der Waals surface area contributed by atoms with Crippen molar-refractivity contribution in [3.63, 3.8) is 0 Å². The van der Waals surface area contributed by atoms with Gasteiger partial charge in [0.05, 0.1) is 25.2 Å². The number of rotatable bonds is 8. The first kappa shape index (κ1) is 23.4. The largest absolute Gasteiger partial charge is 0.487 e. The number of likely N-dealkylation sites (tertiary alicyclic amines) is 1. The third kappa shape index (κ3) is 4.75. The average Bonchev–Trinajstić information content (AvgIpc) is 3.60. The summed E-state index contributed by atoms with van der Waals surface area (Å²) in [5, 5.41) is 15.1. The molecule has 0 unspecified atom stereocenters. The van der Waals surface area contributed by atoms with Gasteiger partial charge in [0.1, 0.15) is 17.2 Å². The van der Waals surface area contributed by atoms with E-state index in [1.807, 2.05) is 18.2 Å². The van der Waals surface area contributed by atoms with Gasteiger partial charge in [0.15, 0.2) is 5.58 Å². The van der Waals surface area contributed by atoms with Crippen LogP contribution in [-0.2, 0) is 9.53 Å². The predicted octanol–water partition coefficient (Wildman–Crippen LogP) is 3.94. The van der Waals surface area contributed by atoms with E-state index in [-0.39, 0.29) is 17.5 Å². The zero-order valence-corrected chi connectivity index (χ0v) is 20.0. The summed E-state index contributed by atoms with van der Waals surface area (Å²) < 4.78 is 22.9. The van der Waals surface area contributed by atoms with Gasteiger partial charge in [-0.05, 0) is 81.2 Å². The summed E-state index contributed by atoms with van der Waals surface area (Å²) in [4.78, 5) is 14.9. The molecule has 5 rings (SSSR count). The summed E-state index contributed by atoms with van der Waals surface area (Å²) in [5.41, 5.74) is 0.306. The van der Waals surface area contributed by atoms with E-state index in [0.717, 1.165) is 82.8 Å². The summed E-state index contributed by atoms with van der Waals surface area (Å²) in [6.07, 6.45) is 8.06. The Hall–Kier alpha value is -2.32. The maximum atomic E-state index is 12.5. The fourth-order valence-electron chi connectivity index (χ4n) is 5.97. The number of fused-ring (bicyclic) bond motifs is 1. The average molecular weight is 473 g/mol. The highest BCUT2D eigenvalue weighted by atomic mass is 16.5. The number of esters is 1.